The highest BCUT2D eigenvalue weighted by Crippen LogP contribution is 2.47. The van der Waals surface area contributed by atoms with Crippen molar-refractivity contribution in [1.82, 2.24) is 5.32 Å². The Morgan fingerprint density at radius 3 is 2.34 bits per heavy atom. The van der Waals surface area contributed by atoms with E-state index in [0.717, 1.165) is 29.2 Å². The highest BCUT2D eigenvalue weighted by Gasteiger charge is 2.30. The summed E-state index contributed by atoms with van der Waals surface area (Å²) >= 11 is 8.17. The predicted molar refractivity (Wildman–Crippen MR) is 155 cm³/mol. The first-order valence-electron chi connectivity index (χ1n) is 12.7. The van der Waals surface area contributed by atoms with Crippen LogP contribution in [0.5, 0.6) is 5.75 Å². The maximum atomic E-state index is 12.5. The molecule has 5 nitrogen and oxygen atoms in total. The highest BCUT2D eigenvalue weighted by atomic mass is 35.5. The minimum Gasteiger partial charge on any atom is -0.497 e. The molecule has 198 valence electrons. The zero-order chi connectivity index (χ0) is 27.2. The molecule has 38 heavy (non-hydrogen) atoms. The number of fused-ring (bicyclic) bond motifs is 1. The van der Waals surface area contributed by atoms with Gasteiger partial charge in [-0.2, -0.15) is 0 Å². The summed E-state index contributed by atoms with van der Waals surface area (Å²) in [4.78, 5) is 24.6. The van der Waals surface area contributed by atoms with Crippen molar-refractivity contribution in [2.24, 2.45) is 0 Å². The van der Waals surface area contributed by atoms with E-state index >= 15 is 0 Å². The third kappa shape index (κ3) is 6.20. The van der Waals surface area contributed by atoms with Gasteiger partial charge in [0.2, 0.25) is 0 Å². The number of methoxy groups -OCH3 is 1. The van der Waals surface area contributed by atoms with E-state index in [1.54, 1.807) is 7.11 Å². The molecular formula is C31H32ClNO4S. The van der Waals surface area contributed by atoms with E-state index in [4.69, 9.17) is 21.4 Å². The Labute approximate surface area is 232 Å². The maximum Gasteiger partial charge on any atom is 0.305 e. The average Bonchev–Trinajstić information content (AvgIpc) is 3.23. The molecule has 0 saturated carbocycles. The Morgan fingerprint density at radius 1 is 1.03 bits per heavy atom. The van der Waals surface area contributed by atoms with Crippen molar-refractivity contribution in [3.63, 3.8) is 0 Å². The van der Waals surface area contributed by atoms with Crippen LogP contribution in [0.3, 0.4) is 0 Å². The number of amides is 1. The van der Waals surface area contributed by atoms with Crippen LogP contribution < -0.4 is 10.1 Å². The lowest BCUT2D eigenvalue weighted by Gasteiger charge is -2.28. The summed E-state index contributed by atoms with van der Waals surface area (Å²) in [7, 11) is 1.67. The number of hydrogen-bond donors (Lipinski definition) is 2. The van der Waals surface area contributed by atoms with E-state index < -0.39 is 5.97 Å². The first kappa shape index (κ1) is 27.7. The van der Waals surface area contributed by atoms with Crippen molar-refractivity contribution in [3.8, 4) is 5.75 Å². The van der Waals surface area contributed by atoms with Gasteiger partial charge in [0, 0.05) is 32.6 Å². The number of aliphatic carboxylic acids is 1. The van der Waals surface area contributed by atoms with Gasteiger partial charge in [0.05, 0.1) is 13.5 Å². The standard InChI is InChI=1S/C31H32ClNO4S/c1-4-5-25(20-6-8-22(9-7-20)31(36)33-17-16-28(34)35)29(21-10-13-24(37-3)14-11-21)30-19(2)26-18-23(32)12-15-27(26)38-30/h6-15,18,25,29H,4-5,16-17H2,1-3H3,(H,33,36)(H,34,35)/t25-,29?/m1/s1. The first-order chi connectivity index (χ1) is 18.3. The van der Waals surface area contributed by atoms with Gasteiger partial charge in [-0.3, -0.25) is 9.59 Å². The van der Waals surface area contributed by atoms with Crippen LogP contribution in [-0.4, -0.2) is 30.6 Å². The lowest BCUT2D eigenvalue weighted by molar-refractivity contribution is -0.136. The summed E-state index contributed by atoms with van der Waals surface area (Å²) in [6, 6.07) is 22.1. The number of carboxylic acid groups (broad SMARTS) is 1. The molecule has 0 aliphatic heterocycles. The number of benzene rings is 3. The Hall–Kier alpha value is -3.35. The SMILES string of the molecule is CCC[C@H](c1ccc(C(=O)NCCC(=O)O)cc1)C(c1ccc(OC)cc1)c1sc2ccc(Cl)cc2c1C. The number of aryl methyl sites for hydroxylation is 1. The zero-order valence-electron chi connectivity index (χ0n) is 21.8. The molecule has 2 atom stereocenters. The number of carbonyl (C=O) groups is 2. The number of carbonyl (C=O) groups excluding carboxylic acids is 1. The van der Waals surface area contributed by atoms with Crippen LogP contribution in [0.2, 0.25) is 5.02 Å². The molecule has 0 aliphatic rings. The number of nitrogens with one attached hydrogen (secondary N) is 1. The minimum absolute atomic E-state index is 0.100. The van der Waals surface area contributed by atoms with Crippen LogP contribution in [0, 0.1) is 6.92 Å². The summed E-state index contributed by atoms with van der Waals surface area (Å²) in [5, 5.41) is 13.4. The van der Waals surface area contributed by atoms with E-state index in [-0.39, 0.29) is 30.7 Å². The largest absolute Gasteiger partial charge is 0.497 e. The van der Waals surface area contributed by atoms with Gasteiger partial charge in [-0.25, -0.2) is 0 Å². The molecule has 0 saturated heterocycles. The quantitative estimate of drug-likeness (QED) is 0.200. The summed E-state index contributed by atoms with van der Waals surface area (Å²) in [6.45, 7) is 4.47. The van der Waals surface area contributed by atoms with Gasteiger partial charge >= 0.3 is 5.97 Å². The smallest absolute Gasteiger partial charge is 0.305 e. The van der Waals surface area contributed by atoms with Crippen LogP contribution in [0.15, 0.2) is 66.7 Å². The fraction of sp³-hybridized carbons (Fsp3) is 0.290. The minimum atomic E-state index is -0.938. The van der Waals surface area contributed by atoms with Crippen molar-refractivity contribution < 1.29 is 19.4 Å². The van der Waals surface area contributed by atoms with Crippen molar-refractivity contribution in [2.45, 2.75) is 44.9 Å². The number of hydrogen-bond acceptors (Lipinski definition) is 4. The summed E-state index contributed by atoms with van der Waals surface area (Å²) in [5.41, 5.74) is 4.12. The first-order valence-corrected chi connectivity index (χ1v) is 13.9. The van der Waals surface area contributed by atoms with Gasteiger partial charge in [-0.15, -0.1) is 11.3 Å². The number of halogens is 1. The molecular weight excluding hydrogens is 518 g/mol. The van der Waals surface area contributed by atoms with Gasteiger partial charge in [0.15, 0.2) is 0 Å². The second-order valence-corrected chi connectivity index (χ2v) is 10.9. The van der Waals surface area contributed by atoms with E-state index in [1.165, 1.54) is 26.1 Å². The van der Waals surface area contributed by atoms with E-state index in [0.29, 0.717) is 5.56 Å². The molecule has 4 aromatic rings. The molecule has 1 heterocycles. The average molecular weight is 550 g/mol. The molecule has 0 fully saturated rings. The number of carboxylic acids is 1. The molecule has 1 aromatic heterocycles. The third-order valence-electron chi connectivity index (χ3n) is 6.92. The van der Waals surface area contributed by atoms with Crippen LogP contribution >= 0.6 is 22.9 Å². The second-order valence-electron chi connectivity index (χ2n) is 9.40. The lowest BCUT2D eigenvalue weighted by Crippen LogP contribution is -2.26. The molecule has 1 unspecified atom stereocenters. The summed E-state index contributed by atoms with van der Waals surface area (Å²) in [6.07, 6.45) is 1.87. The number of thiophene rings is 1. The summed E-state index contributed by atoms with van der Waals surface area (Å²) in [5.74, 6) is -0.107. The molecule has 4 rings (SSSR count). The van der Waals surface area contributed by atoms with E-state index in [1.807, 2.05) is 59.9 Å². The predicted octanol–water partition coefficient (Wildman–Crippen LogP) is 7.79. The van der Waals surface area contributed by atoms with Gasteiger partial charge in [-0.05, 0) is 83.8 Å². The molecule has 7 heteroatoms. The number of rotatable bonds is 11. The van der Waals surface area contributed by atoms with Crippen molar-refractivity contribution in [3.05, 3.63) is 98.9 Å². The van der Waals surface area contributed by atoms with Gasteiger partial charge in [-0.1, -0.05) is 49.2 Å². The Balaban J connectivity index is 1.75. The molecule has 2 N–H and O–H groups in total. The monoisotopic (exact) mass is 549 g/mol. The Bertz CT molecular complexity index is 1410. The maximum absolute atomic E-state index is 12.5. The fourth-order valence-electron chi connectivity index (χ4n) is 4.99. The highest BCUT2D eigenvalue weighted by molar-refractivity contribution is 7.19. The zero-order valence-corrected chi connectivity index (χ0v) is 23.4. The lowest BCUT2D eigenvalue weighted by atomic mass is 9.77. The van der Waals surface area contributed by atoms with Crippen molar-refractivity contribution in [2.75, 3.05) is 13.7 Å². The van der Waals surface area contributed by atoms with Gasteiger partial charge in [0.1, 0.15) is 5.75 Å². The molecule has 0 radical (unpaired) electrons. The van der Waals surface area contributed by atoms with Crippen LogP contribution in [0.25, 0.3) is 10.1 Å². The summed E-state index contributed by atoms with van der Waals surface area (Å²) < 4.78 is 6.64. The molecule has 0 spiro atoms. The number of ether oxygens (including phenoxy) is 1. The molecule has 3 aromatic carbocycles. The Kier molecular flexibility index (Phi) is 9.08. The third-order valence-corrected chi connectivity index (χ3v) is 8.51. The Morgan fingerprint density at radius 2 is 1.71 bits per heavy atom. The topological polar surface area (TPSA) is 75.6 Å². The molecule has 0 bridgehead atoms. The fourth-order valence-corrected chi connectivity index (χ4v) is 6.55. The normalized spacial score (nSPS) is 12.7. The molecule has 1 amide bonds. The van der Waals surface area contributed by atoms with Gasteiger partial charge < -0.3 is 15.2 Å². The van der Waals surface area contributed by atoms with Crippen molar-refractivity contribution in [1.29, 1.82) is 0 Å². The van der Waals surface area contributed by atoms with E-state index in [2.05, 4.69) is 37.4 Å². The second kappa shape index (κ2) is 12.5. The van der Waals surface area contributed by atoms with Crippen LogP contribution in [0.1, 0.15) is 69.9 Å². The van der Waals surface area contributed by atoms with E-state index in [9.17, 15) is 9.59 Å². The van der Waals surface area contributed by atoms with Crippen molar-refractivity contribution >= 4 is 44.9 Å². The van der Waals surface area contributed by atoms with Gasteiger partial charge in [0.25, 0.3) is 5.91 Å². The van der Waals surface area contributed by atoms with Crippen LogP contribution in [-0.2, 0) is 4.79 Å². The van der Waals surface area contributed by atoms with Crippen LogP contribution in [0.4, 0.5) is 0 Å². The molecule has 0 aliphatic carbocycles.